The second-order valence-corrected chi connectivity index (χ2v) is 3.90. The Labute approximate surface area is 111 Å². The van der Waals surface area contributed by atoms with Crippen LogP contribution < -0.4 is 10.6 Å². The summed E-state index contributed by atoms with van der Waals surface area (Å²) in [6.07, 6.45) is 2.07. The molecule has 0 atom stereocenters. The van der Waals surface area contributed by atoms with E-state index in [9.17, 15) is 4.79 Å². The van der Waals surface area contributed by atoms with Gasteiger partial charge in [0.25, 0.3) is 0 Å². The summed E-state index contributed by atoms with van der Waals surface area (Å²) in [5.74, 6) is 0.475. The molecule has 100 valence electrons. The predicted molar refractivity (Wildman–Crippen MR) is 69.8 cm³/mol. The molecule has 0 unspecified atom stereocenters. The van der Waals surface area contributed by atoms with Gasteiger partial charge in [-0.1, -0.05) is 18.5 Å². The lowest BCUT2D eigenvalue weighted by Gasteiger charge is -2.10. The second-order valence-electron chi connectivity index (χ2n) is 3.54. The van der Waals surface area contributed by atoms with E-state index in [1.54, 1.807) is 7.11 Å². The molecule has 18 heavy (non-hydrogen) atoms. The zero-order valence-corrected chi connectivity index (χ0v) is 11.3. The molecule has 2 N–H and O–H groups in total. The average Bonchev–Trinajstić information content (AvgIpc) is 2.36. The number of rotatable bonds is 7. The standard InChI is InChI=1S/C11H17ClN4O2/c1-3-8-10(12)15-7-16-11(8)14-6-9(17)13-4-5-18-2/h7H,3-6H2,1-2H3,(H,13,17)(H,14,15,16). The number of methoxy groups -OCH3 is 1. The third-order valence-electron chi connectivity index (χ3n) is 2.29. The van der Waals surface area contributed by atoms with Crippen LogP contribution in [0.4, 0.5) is 5.82 Å². The number of carbonyl (C=O) groups is 1. The molecule has 1 amide bonds. The van der Waals surface area contributed by atoms with E-state index in [4.69, 9.17) is 16.3 Å². The van der Waals surface area contributed by atoms with Crippen LogP contribution >= 0.6 is 11.6 Å². The third-order valence-corrected chi connectivity index (χ3v) is 2.62. The van der Waals surface area contributed by atoms with Crippen molar-refractivity contribution in [3.63, 3.8) is 0 Å². The first kappa shape index (κ1) is 14.7. The van der Waals surface area contributed by atoms with Crippen LogP contribution in [-0.4, -0.2) is 42.7 Å². The van der Waals surface area contributed by atoms with Crippen LogP contribution in [-0.2, 0) is 16.0 Å². The topological polar surface area (TPSA) is 76.1 Å². The molecule has 0 spiro atoms. The van der Waals surface area contributed by atoms with Gasteiger partial charge in [-0.3, -0.25) is 4.79 Å². The highest BCUT2D eigenvalue weighted by Gasteiger charge is 2.08. The van der Waals surface area contributed by atoms with E-state index in [0.717, 1.165) is 5.56 Å². The van der Waals surface area contributed by atoms with Crippen LogP contribution in [0.5, 0.6) is 0 Å². The molecule has 6 nitrogen and oxygen atoms in total. The minimum atomic E-state index is -0.121. The van der Waals surface area contributed by atoms with Gasteiger partial charge in [0.1, 0.15) is 17.3 Å². The number of halogens is 1. The molecule has 1 heterocycles. The van der Waals surface area contributed by atoms with E-state index in [0.29, 0.717) is 30.5 Å². The van der Waals surface area contributed by atoms with Crippen LogP contribution in [0.1, 0.15) is 12.5 Å². The molecule has 1 rings (SSSR count). The Balaban J connectivity index is 2.48. The molecular weight excluding hydrogens is 256 g/mol. The van der Waals surface area contributed by atoms with Gasteiger partial charge in [0.2, 0.25) is 5.91 Å². The van der Waals surface area contributed by atoms with Crippen molar-refractivity contribution >= 4 is 23.3 Å². The van der Waals surface area contributed by atoms with E-state index in [1.165, 1.54) is 6.33 Å². The van der Waals surface area contributed by atoms with Crippen molar-refractivity contribution in [2.75, 3.05) is 32.1 Å². The molecule has 0 aromatic carbocycles. The molecule has 0 aliphatic heterocycles. The lowest BCUT2D eigenvalue weighted by atomic mass is 10.2. The Kier molecular flexibility index (Phi) is 6.38. The highest BCUT2D eigenvalue weighted by Crippen LogP contribution is 2.19. The molecule has 1 aromatic heterocycles. The van der Waals surface area contributed by atoms with Gasteiger partial charge in [0.05, 0.1) is 13.2 Å². The van der Waals surface area contributed by atoms with Gasteiger partial charge in [-0.15, -0.1) is 0 Å². The number of hydrogen-bond donors (Lipinski definition) is 2. The van der Waals surface area contributed by atoms with Gasteiger partial charge >= 0.3 is 0 Å². The van der Waals surface area contributed by atoms with Crippen molar-refractivity contribution in [1.29, 1.82) is 0 Å². The molecule has 0 bridgehead atoms. The summed E-state index contributed by atoms with van der Waals surface area (Å²) in [7, 11) is 1.58. The minimum Gasteiger partial charge on any atom is -0.383 e. The average molecular weight is 273 g/mol. The smallest absolute Gasteiger partial charge is 0.239 e. The number of ether oxygens (including phenoxy) is 1. The number of amides is 1. The summed E-state index contributed by atoms with van der Waals surface area (Å²) >= 11 is 5.94. The SMILES string of the molecule is CCc1c(Cl)ncnc1NCC(=O)NCCOC. The first-order valence-electron chi connectivity index (χ1n) is 5.67. The first-order valence-corrected chi connectivity index (χ1v) is 6.05. The molecule has 0 aliphatic rings. The third kappa shape index (κ3) is 4.46. The van der Waals surface area contributed by atoms with Crippen LogP contribution in [0.2, 0.25) is 5.15 Å². The highest BCUT2D eigenvalue weighted by atomic mass is 35.5. The molecule has 0 saturated carbocycles. The molecule has 0 aliphatic carbocycles. The lowest BCUT2D eigenvalue weighted by Crippen LogP contribution is -2.32. The van der Waals surface area contributed by atoms with E-state index >= 15 is 0 Å². The Morgan fingerprint density at radius 2 is 2.28 bits per heavy atom. The summed E-state index contributed by atoms with van der Waals surface area (Å²) < 4.78 is 4.83. The van der Waals surface area contributed by atoms with Gasteiger partial charge in [-0.2, -0.15) is 0 Å². The van der Waals surface area contributed by atoms with E-state index < -0.39 is 0 Å². The van der Waals surface area contributed by atoms with Crippen LogP contribution in [0.3, 0.4) is 0 Å². The lowest BCUT2D eigenvalue weighted by molar-refractivity contribution is -0.119. The van der Waals surface area contributed by atoms with Crippen molar-refractivity contribution < 1.29 is 9.53 Å². The summed E-state index contributed by atoms with van der Waals surface area (Å²) in [6, 6.07) is 0. The fourth-order valence-corrected chi connectivity index (χ4v) is 1.64. The van der Waals surface area contributed by atoms with Crippen molar-refractivity contribution in [3.8, 4) is 0 Å². The van der Waals surface area contributed by atoms with Crippen molar-refractivity contribution in [3.05, 3.63) is 17.0 Å². The van der Waals surface area contributed by atoms with Gasteiger partial charge in [0.15, 0.2) is 0 Å². The maximum atomic E-state index is 11.5. The maximum absolute atomic E-state index is 11.5. The monoisotopic (exact) mass is 272 g/mol. The summed E-state index contributed by atoms with van der Waals surface area (Å²) in [6.45, 7) is 3.08. The van der Waals surface area contributed by atoms with E-state index in [2.05, 4.69) is 20.6 Å². The van der Waals surface area contributed by atoms with Crippen molar-refractivity contribution in [2.24, 2.45) is 0 Å². The van der Waals surface area contributed by atoms with Crippen molar-refractivity contribution in [2.45, 2.75) is 13.3 Å². The number of nitrogens with one attached hydrogen (secondary N) is 2. The normalized spacial score (nSPS) is 10.2. The number of hydrogen-bond acceptors (Lipinski definition) is 5. The van der Waals surface area contributed by atoms with Gasteiger partial charge in [-0.05, 0) is 6.42 Å². The predicted octanol–water partition coefficient (Wildman–Crippen LogP) is 0.867. The Morgan fingerprint density at radius 3 is 2.94 bits per heavy atom. The van der Waals surface area contributed by atoms with Gasteiger partial charge < -0.3 is 15.4 Å². The van der Waals surface area contributed by atoms with Gasteiger partial charge in [-0.25, -0.2) is 9.97 Å². The Hall–Kier alpha value is -1.40. The van der Waals surface area contributed by atoms with Crippen LogP contribution in [0.15, 0.2) is 6.33 Å². The molecule has 1 aromatic rings. The first-order chi connectivity index (χ1) is 8.69. The fourth-order valence-electron chi connectivity index (χ4n) is 1.38. The molecule has 0 saturated heterocycles. The molecular formula is C11H17ClN4O2. The number of nitrogens with zero attached hydrogens (tertiary/aromatic N) is 2. The Bertz CT molecular complexity index is 401. The van der Waals surface area contributed by atoms with Crippen molar-refractivity contribution in [1.82, 2.24) is 15.3 Å². The summed E-state index contributed by atoms with van der Waals surface area (Å²) in [5, 5.41) is 6.06. The maximum Gasteiger partial charge on any atom is 0.239 e. The highest BCUT2D eigenvalue weighted by molar-refractivity contribution is 6.30. The van der Waals surface area contributed by atoms with E-state index in [-0.39, 0.29) is 12.5 Å². The number of anilines is 1. The van der Waals surface area contributed by atoms with Crippen LogP contribution in [0, 0.1) is 0 Å². The van der Waals surface area contributed by atoms with Gasteiger partial charge in [0, 0.05) is 19.2 Å². The van der Waals surface area contributed by atoms with E-state index in [1.807, 2.05) is 6.92 Å². The second kappa shape index (κ2) is 7.84. The Morgan fingerprint density at radius 1 is 1.50 bits per heavy atom. The number of aromatic nitrogens is 2. The molecule has 0 radical (unpaired) electrons. The fraction of sp³-hybridized carbons (Fsp3) is 0.545. The summed E-state index contributed by atoms with van der Waals surface area (Å²) in [5.41, 5.74) is 0.809. The number of carbonyl (C=O) groups excluding carboxylic acids is 1. The summed E-state index contributed by atoms with van der Waals surface area (Å²) in [4.78, 5) is 19.4. The van der Waals surface area contributed by atoms with Crippen LogP contribution in [0.25, 0.3) is 0 Å². The largest absolute Gasteiger partial charge is 0.383 e. The quantitative estimate of drug-likeness (QED) is 0.569. The minimum absolute atomic E-state index is 0.121. The molecule has 0 fully saturated rings. The zero-order valence-electron chi connectivity index (χ0n) is 10.5. The molecule has 7 heteroatoms. The zero-order chi connectivity index (χ0) is 13.4.